The molecular weight excluding hydrogens is 691 g/mol. The van der Waals surface area contributed by atoms with Gasteiger partial charge in [-0.25, -0.2) is 4.57 Å². The SMILES string of the molecule is CCCCCC/C=C\CCCCCCCC(=O)OC(COCCCCCCCCCCCCCCCCCCCCC)COP(=O)(O)OCC(O)CO. The number of hydrogen-bond acceptors (Lipinski definition) is 8. The molecule has 0 aliphatic heterocycles. The zero-order chi connectivity index (χ0) is 38.9. The smallest absolute Gasteiger partial charge is 0.457 e. The van der Waals surface area contributed by atoms with Crippen LogP contribution in [0.1, 0.15) is 213 Å². The Morgan fingerprint density at radius 1 is 0.566 bits per heavy atom. The molecule has 0 heterocycles. The summed E-state index contributed by atoms with van der Waals surface area (Å²) in [5, 5.41) is 18.3. The molecule has 0 spiro atoms. The van der Waals surface area contributed by atoms with Gasteiger partial charge in [-0.2, -0.15) is 0 Å². The highest BCUT2D eigenvalue weighted by atomic mass is 31.2. The number of aliphatic hydroxyl groups is 2. The Bertz CT molecular complexity index is 841. The number of aliphatic hydroxyl groups excluding tert-OH is 2. The Labute approximate surface area is 326 Å². The summed E-state index contributed by atoms with van der Waals surface area (Å²) in [6, 6.07) is 0. The molecule has 0 saturated heterocycles. The predicted octanol–water partition coefficient (Wildman–Crippen LogP) is 12.1. The fourth-order valence-corrected chi connectivity index (χ4v) is 7.08. The van der Waals surface area contributed by atoms with E-state index in [1.165, 1.54) is 141 Å². The second kappa shape index (κ2) is 40.9. The van der Waals surface area contributed by atoms with Crippen molar-refractivity contribution in [1.82, 2.24) is 0 Å². The van der Waals surface area contributed by atoms with Crippen LogP contribution in [0.2, 0.25) is 0 Å². The maximum Gasteiger partial charge on any atom is 0.472 e. The van der Waals surface area contributed by atoms with E-state index in [-0.39, 0.29) is 25.6 Å². The Morgan fingerprint density at radius 2 is 0.962 bits per heavy atom. The maximum absolute atomic E-state index is 12.6. The summed E-state index contributed by atoms with van der Waals surface area (Å²) in [5.41, 5.74) is 0. The van der Waals surface area contributed by atoms with E-state index in [0.717, 1.165) is 51.4 Å². The molecule has 0 aliphatic rings. The minimum atomic E-state index is -4.51. The van der Waals surface area contributed by atoms with Gasteiger partial charge in [-0.3, -0.25) is 13.8 Å². The van der Waals surface area contributed by atoms with E-state index in [0.29, 0.717) is 6.61 Å². The van der Waals surface area contributed by atoms with Gasteiger partial charge in [-0.15, -0.1) is 0 Å². The van der Waals surface area contributed by atoms with Crippen LogP contribution in [-0.2, 0) is 27.9 Å². The molecule has 0 aliphatic carbocycles. The normalized spacial score (nSPS) is 14.1. The zero-order valence-electron chi connectivity index (χ0n) is 34.5. The van der Waals surface area contributed by atoms with Crippen molar-refractivity contribution in [2.24, 2.45) is 0 Å². The van der Waals surface area contributed by atoms with Gasteiger partial charge in [0.05, 0.1) is 26.4 Å². The molecule has 0 saturated carbocycles. The molecule has 316 valence electrons. The molecule has 0 amide bonds. The summed E-state index contributed by atoms with van der Waals surface area (Å²) in [5.74, 6) is -0.388. The fourth-order valence-electron chi connectivity index (χ4n) is 6.29. The van der Waals surface area contributed by atoms with E-state index >= 15 is 0 Å². The van der Waals surface area contributed by atoms with E-state index in [9.17, 15) is 19.4 Å². The van der Waals surface area contributed by atoms with Crippen molar-refractivity contribution >= 4 is 13.8 Å². The molecule has 0 radical (unpaired) electrons. The van der Waals surface area contributed by atoms with Gasteiger partial charge in [0, 0.05) is 13.0 Å². The van der Waals surface area contributed by atoms with Crippen LogP contribution >= 0.6 is 7.82 Å². The molecule has 9 nitrogen and oxygen atoms in total. The number of carbonyl (C=O) groups excluding carboxylic acids is 1. The molecule has 53 heavy (non-hydrogen) atoms. The number of phosphoric acid groups is 1. The molecule has 0 aromatic heterocycles. The Hall–Kier alpha value is -0.800. The Morgan fingerprint density at radius 3 is 1.43 bits per heavy atom. The second-order valence-electron chi connectivity index (χ2n) is 15.1. The molecule has 3 N–H and O–H groups in total. The van der Waals surface area contributed by atoms with Crippen LogP contribution in [0, 0.1) is 0 Å². The quantitative estimate of drug-likeness (QED) is 0.0240. The first-order valence-corrected chi connectivity index (χ1v) is 23.7. The molecule has 0 aromatic carbocycles. The molecule has 0 rings (SSSR count). The van der Waals surface area contributed by atoms with Crippen LogP contribution in [0.4, 0.5) is 0 Å². The molecule has 0 aromatic rings. The number of unbranched alkanes of at least 4 members (excludes halogenated alkanes) is 27. The number of rotatable bonds is 43. The van der Waals surface area contributed by atoms with Crippen molar-refractivity contribution in [1.29, 1.82) is 0 Å². The second-order valence-corrected chi connectivity index (χ2v) is 16.5. The maximum atomic E-state index is 12.6. The predicted molar refractivity (Wildman–Crippen MR) is 219 cm³/mol. The molecule has 10 heteroatoms. The minimum Gasteiger partial charge on any atom is -0.457 e. The summed E-state index contributed by atoms with van der Waals surface area (Å²) < 4.78 is 33.4. The summed E-state index contributed by atoms with van der Waals surface area (Å²) in [7, 11) is -4.51. The number of esters is 1. The van der Waals surface area contributed by atoms with Crippen LogP contribution in [0.5, 0.6) is 0 Å². The third-order valence-corrected chi connectivity index (χ3v) is 10.7. The van der Waals surface area contributed by atoms with E-state index < -0.39 is 33.2 Å². The van der Waals surface area contributed by atoms with Gasteiger partial charge in [-0.1, -0.05) is 180 Å². The molecular formula is C43H85O9P. The number of ether oxygens (including phenoxy) is 2. The van der Waals surface area contributed by atoms with Crippen LogP contribution in [-0.4, -0.2) is 66.3 Å². The van der Waals surface area contributed by atoms with Gasteiger partial charge in [0.15, 0.2) is 0 Å². The summed E-state index contributed by atoms with van der Waals surface area (Å²) in [4.78, 5) is 22.5. The number of phosphoric ester groups is 1. The van der Waals surface area contributed by atoms with Crippen LogP contribution in [0.25, 0.3) is 0 Å². The van der Waals surface area contributed by atoms with Crippen molar-refractivity contribution in [3.63, 3.8) is 0 Å². The number of carbonyl (C=O) groups is 1. The van der Waals surface area contributed by atoms with E-state index in [4.69, 9.17) is 23.6 Å². The van der Waals surface area contributed by atoms with Gasteiger partial charge in [0.25, 0.3) is 0 Å². The van der Waals surface area contributed by atoms with Crippen molar-refractivity contribution in [2.45, 2.75) is 225 Å². The third-order valence-electron chi connectivity index (χ3n) is 9.70. The van der Waals surface area contributed by atoms with Crippen LogP contribution in [0.3, 0.4) is 0 Å². The first-order valence-electron chi connectivity index (χ1n) is 22.2. The van der Waals surface area contributed by atoms with Gasteiger partial charge >= 0.3 is 13.8 Å². The van der Waals surface area contributed by atoms with Gasteiger partial charge in [-0.05, 0) is 38.5 Å². The van der Waals surface area contributed by atoms with Crippen molar-refractivity contribution in [3.05, 3.63) is 12.2 Å². The first-order chi connectivity index (χ1) is 25.8. The first kappa shape index (κ1) is 52.2. The van der Waals surface area contributed by atoms with Crippen molar-refractivity contribution in [3.8, 4) is 0 Å². The van der Waals surface area contributed by atoms with E-state index in [1.54, 1.807) is 0 Å². The Balaban J connectivity index is 4.10. The fraction of sp³-hybridized carbons (Fsp3) is 0.930. The number of hydrogen-bond donors (Lipinski definition) is 3. The standard InChI is InChI=1S/C43H85O9P/c1-3-5-7-9-11-13-15-17-18-19-20-21-22-24-26-28-30-32-34-36-49-39-42(40-51-53(47,48)50-38-41(45)37-44)52-43(46)35-33-31-29-27-25-23-16-14-12-10-8-6-4-2/h14,16,41-42,44-45H,3-13,15,17-40H2,1-2H3,(H,47,48)/b16-14-. The third kappa shape index (κ3) is 40.7. The average molecular weight is 777 g/mol. The molecule has 0 fully saturated rings. The van der Waals surface area contributed by atoms with Crippen LogP contribution in [0.15, 0.2) is 12.2 Å². The largest absolute Gasteiger partial charge is 0.472 e. The number of allylic oxidation sites excluding steroid dienone is 2. The van der Waals surface area contributed by atoms with Gasteiger partial charge < -0.3 is 24.6 Å². The van der Waals surface area contributed by atoms with Crippen molar-refractivity contribution < 1.29 is 43.0 Å². The molecule has 3 atom stereocenters. The highest BCUT2D eigenvalue weighted by Gasteiger charge is 2.26. The van der Waals surface area contributed by atoms with Gasteiger partial charge in [0.1, 0.15) is 12.2 Å². The minimum absolute atomic E-state index is 0.0518. The lowest BCUT2D eigenvalue weighted by Crippen LogP contribution is -2.29. The monoisotopic (exact) mass is 777 g/mol. The van der Waals surface area contributed by atoms with E-state index in [1.807, 2.05) is 0 Å². The highest BCUT2D eigenvalue weighted by Crippen LogP contribution is 2.43. The topological polar surface area (TPSA) is 132 Å². The summed E-state index contributed by atoms with van der Waals surface area (Å²) >= 11 is 0. The highest BCUT2D eigenvalue weighted by molar-refractivity contribution is 7.47. The summed E-state index contributed by atoms with van der Waals surface area (Å²) in [6.07, 6.45) is 40.3. The lowest BCUT2D eigenvalue weighted by molar-refractivity contribution is -0.154. The van der Waals surface area contributed by atoms with Crippen LogP contribution < -0.4 is 0 Å². The average Bonchev–Trinajstić information content (AvgIpc) is 3.15. The zero-order valence-corrected chi connectivity index (χ0v) is 35.4. The lowest BCUT2D eigenvalue weighted by atomic mass is 10.0. The lowest BCUT2D eigenvalue weighted by Gasteiger charge is -2.20. The Kier molecular flexibility index (Phi) is 40.2. The van der Waals surface area contributed by atoms with E-state index in [2.05, 4.69) is 26.0 Å². The van der Waals surface area contributed by atoms with Gasteiger partial charge in [0.2, 0.25) is 0 Å². The van der Waals surface area contributed by atoms with Crippen molar-refractivity contribution in [2.75, 3.05) is 33.0 Å². The molecule has 3 unspecified atom stereocenters. The molecule has 0 bridgehead atoms. The summed E-state index contributed by atoms with van der Waals surface area (Å²) in [6.45, 7) is 3.53.